The van der Waals surface area contributed by atoms with Gasteiger partial charge in [0.05, 0.1) is 10.6 Å². The van der Waals surface area contributed by atoms with Gasteiger partial charge in [0.2, 0.25) is 0 Å². The van der Waals surface area contributed by atoms with Crippen LogP contribution in [0.5, 0.6) is 0 Å². The van der Waals surface area contributed by atoms with E-state index in [4.69, 9.17) is 23.2 Å². The number of carbonyl (C=O) groups is 1. The van der Waals surface area contributed by atoms with Crippen molar-refractivity contribution in [3.63, 3.8) is 0 Å². The zero-order chi connectivity index (χ0) is 12.7. The molecule has 0 radical (unpaired) electrons. The Morgan fingerprint density at radius 2 is 1.47 bits per heavy atom. The van der Waals surface area contributed by atoms with Crippen LogP contribution in [0.2, 0.25) is 5.02 Å². The molecule has 0 unspecified atom stereocenters. The van der Waals surface area contributed by atoms with E-state index in [0.29, 0.717) is 10.6 Å². The Labute approximate surface area is 118 Å². The highest BCUT2D eigenvalue weighted by Crippen LogP contribution is 2.16. The van der Waals surface area contributed by atoms with Crippen LogP contribution in [0.3, 0.4) is 0 Å². The fourth-order valence-corrected chi connectivity index (χ4v) is 1.78. The number of benzene rings is 2. The molecule has 0 spiro atoms. The van der Waals surface area contributed by atoms with Crippen molar-refractivity contribution in [3.8, 4) is 0 Å². The van der Waals surface area contributed by atoms with E-state index in [0.717, 1.165) is 4.47 Å². The molecule has 0 atom stereocenters. The Morgan fingerprint density at radius 1 is 0.941 bits per heavy atom. The first kappa shape index (κ1) is 14.2. The van der Waals surface area contributed by atoms with Gasteiger partial charge in [0.25, 0.3) is 5.24 Å². The van der Waals surface area contributed by atoms with Crippen molar-refractivity contribution in [2.24, 2.45) is 0 Å². The zero-order valence-corrected chi connectivity index (χ0v) is 11.8. The summed E-state index contributed by atoms with van der Waals surface area (Å²) in [6.07, 6.45) is 0. The third-order valence-corrected chi connectivity index (χ3v) is 2.88. The number of hydrogen-bond acceptors (Lipinski definition) is 1. The molecule has 0 fully saturated rings. The lowest BCUT2D eigenvalue weighted by molar-refractivity contribution is 0.108. The predicted molar refractivity (Wildman–Crippen MR) is 75.8 cm³/mol. The van der Waals surface area contributed by atoms with E-state index in [1.165, 1.54) is 0 Å². The van der Waals surface area contributed by atoms with Crippen molar-refractivity contribution >= 4 is 44.4 Å². The van der Waals surface area contributed by atoms with E-state index in [2.05, 4.69) is 15.9 Å². The van der Waals surface area contributed by atoms with Gasteiger partial charge in [0.15, 0.2) is 0 Å². The highest BCUT2D eigenvalue weighted by molar-refractivity contribution is 9.10. The molecule has 2 rings (SSSR count). The Morgan fingerprint density at radius 3 is 1.82 bits per heavy atom. The lowest BCUT2D eigenvalue weighted by Crippen LogP contribution is -1.87. The van der Waals surface area contributed by atoms with Crippen LogP contribution in [0.15, 0.2) is 59.1 Å². The van der Waals surface area contributed by atoms with Crippen molar-refractivity contribution in [1.29, 1.82) is 0 Å². The van der Waals surface area contributed by atoms with E-state index < -0.39 is 5.24 Å². The fraction of sp³-hybridized carbons (Fsp3) is 0. The molecule has 0 amide bonds. The molecule has 0 saturated heterocycles. The summed E-state index contributed by atoms with van der Waals surface area (Å²) in [5.74, 6) is 0. The molecular weight excluding hydrogens is 323 g/mol. The second kappa shape index (κ2) is 7.49. The summed E-state index contributed by atoms with van der Waals surface area (Å²) >= 11 is 14.1. The maximum absolute atomic E-state index is 10.5. The minimum absolute atomic E-state index is 0.353. The third-order valence-electron chi connectivity index (χ3n) is 1.82. The van der Waals surface area contributed by atoms with Crippen LogP contribution in [-0.2, 0) is 0 Å². The van der Waals surface area contributed by atoms with E-state index in [9.17, 15) is 4.79 Å². The summed E-state index contributed by atoms with van der Waals surface area (Å²) in [6, 6.07) is 16.6. The standard InChI is InChI=1S/C7H4Cl2O.C6H5Br/c8-6-4-2-1-3-5(6)7(9)10;7-6-4-2-1-3-5-6/h1-4H;1-5H. The molecule has 0 aliphatic carbocycles. The number of rotatable bonds is 1. The summed E-state index contributed by atoms with van der Waals surface area (Å²) in [7, 11) is 0. The van der Waals surface area contributed by atoms with Gasteiger partial charge in [-0.15, -0.1) is 0 Å². The van der Waals surface area contributed by atoms with Gasteiger partial charge in [-0.3, -0.25) is 4.79 Å². The largest absolute Gasteiger partial charge is 0.276 e. The van der Waals surface area contributed by atoms with Gasteiger partial charge in [0, 0.05) is 4.47 Å². The average Bonchev–Trinajstić information content (AvgIpc) is 2.31. The van der Waals surface area contributed by atoms with E-state index in [-0.39, 0.29) is 0 Å². The smallest absolute Gasteiger partial charge is 0.253 e. The van der Waals surface area contributed by atoms with Crippen LogP contribution >= 0.6 is 39.1 Å². The summed E-state index contributed by atoms with van der Waals surface area (Å²) in [4.78, 5) is 10.5. The van der Waals surface area contributed by atoms with Crippen molar-refractivity contribution in [2.75, 3.05) is 0 Å². The van der Waals surface area contributed by atoms with Crippen molar-refractivity contribution < 1.29 is 4.79 Å². The van der Waals surface area contributed by atoms with E-state index >= 15 is 0 Å². The Hall–Kier alpha value is -0.830. The molecule has 0 aromatic heterocycles. The van der Waals surface area contributed by atoms with Gasteiger partial charge in [-0.1, -0.05) is 57.9 Å². The first-order chi connectivity index (χ1) is 8.11. The molecule has 0 N–H and O–H groups in total. The highest BCUT2D eigenvalue weighted by atomic mass is 79.9. The van der Waals surface area contributed by atoms with Crippen molar-refractivity contribution in [2.45, 2.75) is 0 Å². The summed E-state index contributed by atoms with van der Waals surface area (Å²) in [6.45, 7) is 0. The van der Waals surface area contributed by atoms with E-state index in [1.54, 1.807) is 24.3 Å². The predicted octanol–water partition coefficient (Wildman–Crippen LogP) is 5.17. The molecule has 17 heavy (non-hydrogen) atoms. The molecule has 0 aliphatic rings. The molecule has 0 bridgehead atoms. The number of carbonyl (C=O) groups excluding carboxylic acids is 1. The molecular formula is C13H9BrCl2O. The summed E-state index contributed by atoms with van der Waals surface area (Å²) < 4.78 is 1.13. The lowest BCUT2D eigenvalue weighted by Gasteiger charge is -1.93. The second-order valence-electron chi connectivity index (χ2n) is 3.05. The molecule has 4 heteroatoms. The molecule has 0 saturated carbocycles. The van der Waals surface area contributed by atoms with Crippen LogP contribution in [0, 0.1) is 0 Å². The van der Waals surface area contributed by atoms with Gasteiger partial charge in [-0.2, -0.15) is 0 Å². The Bertz CT molecular complexity index is 486. The van der Waals surface area contributed by atoms with Crippen molar-refractivity contribution in [3.05, 3.63) is 69.7 Å². The first-order valence-electron chi connectivity index (χ1n) is 4.76. The van der Waals surface area contributed by atoms with Gasteiger partial charge in [0.1, 0.15) is 0 Å². The molecule has 0 aliphatic heterocycles. The number of halogens is 3. The van der Waals surface area contributed by atoms with Crippen LogP contribution in [0.1, 0.15) is 10.4 Å². The summed E-state index contributed by atoms with van der Waals surface area (Å²) in [5, 5.41) is -0.131. The normalized spacial score (nSPS) is 9.12. The average molecular weight is 332 g/mol. The van der Waals surface area contributed by atoms with Gasteiger partial charge in [-0.25, -0.2) is 0 Å². The maximum atomic E-state index is 10.5. The Kier molecular flexibility index (Phi) is 6.27. The van der Waals surface area contributed by atoms with Crippen LogP contribution < -0.4 is 0 Å². The highest BCUT2D eigenvalue weighted by Gasteiger charge is 2.03. The SMILES string of the molecule is Brc1ccccc1.O=C(Cl)c1ccccc1Cl. The topological polar surface area (TPSA) is 17.1 Å². The maximum Gasteiger partial charge on any atom is 0.253 e. The van der Waals surface area contributed by atoms with Gasteiger partial charge >= 0.3 is 0 Å². The summed E-state index contributed by atoms with van der Waals surface area (Å²) in [5.41, 5.74) is 0.353. The molecule has 88 valence electrons. The molecule has 2 aromatic carbocycles. The van der Waals surface area contributed by atoms with Crippen LogP contribution in [-0.4, -0.2) is 5.24 Å². The second-order valence-corrected chi connectivity index (χ2v) is 4.72. The van der Waals surface area contributed by atoms with Gasteiger partial charge in [-0.05, 0) is 35.9 Å². The number of hydrogen-bond donors (Lipinski definition) is 0. The lowest BCUT2D eigenvalue weighted by atomic mass is 10.2. The third kappa shape index (κ3) is 5.35. The molecule has 2 aromatic rings. The minimum atomic E-state index is -0.523. The first-order valence-corrected chi connectivity index (χ1v) is 6.31. The van der Waals surface area contributed by atoms with Crippen molar-refractivity contribution in [1.82, 2.24) is 0 Å². The molecule has 1 nitrogen and oxygen atoms in total. The monoisotopic (exact) mass is 330 g/mol. The van der Waals surface area contributed by atoms with Crippen LogP contribution in [0.4, 0.5) is 0 Å². The minimum Gasteiger partial charge on any atom is -0.276 e. The van der Waals surface area contributed by atoms with Crippen LogP contribution in [0.25, 0.3) is 0 Å². The molecule has 0 heterocycles. The fourth-order valence-electron chi connectivity index (χ4n) is 1.04. The quantitative estimate of drug-likeness (QED) is 0.659. The Balaban J connectivity index is 0.000000181. The van der Waals surface area contributed by atoms with Gasteiger partial charge < -0.3 is 0 Å². The zero-order valence-electron chi connectivity index (χ0n) is 8.74. The van der Waals surface area contributed by atoms with E-state index in [1.807, 2.05) is 30.3 Å².